The van der Waals surface area contributed by atoms with Crippen molar-refractivity contribution < 1.29 is 22.0 Å². The molecule has 38 heavy (non-hydrogen) atoms. The maximum atomic E-state index is 14.3. The highest BCUT2D eigenvalue weighted by Crippen LogP contribution is 2.53. The van der Waals surface area contributed by atoms with E-state index in [0.29, 0.717) is 23.5 Å². The molecule has 0 aliphatic heterocycles. The van der Waals surface area contributed by atoms with E-state index in [1.54, 1.807) is 66.7 Å². The van der Waals surface area contributed by atoms with Gasteiger partial charge in [-0.3, -0.25) is 5.32 Å². The van der Waals surface area contributed by atoms with E-state index in [4.69, 9.17) is 9.05 Å². The van der Waals surface area contributed by atoms with Crippen LogP contribution in [0.4, 0.5) is 0 Å². The van der Waals surface area contributed by atoms with E-state index in [1.165, 1.54) is 12.4 Å². The van der Waals surface area contributed by atoms with E-state index < -0.39 is 23.2 Å². The third-order valence-corrected chi connectivity index (χ3v) is 9.30. The molecule has 0 saturated carbocycles. The monoisotopic (exact) mass is 551 g/mol. The Morgan fingerprint density at radius 1 is 0.789 bits per heavy atom. The molecule has 1 N–H and O–H groups in total. The molecule has 4 rings (SSSR count). The Bertz CT molecular complexity index is 1410. The minimum atomic E-state index is -3.78. The summed E-state index contributed by atoms with van der Waals surface area (Å²) in [7, 11) is -7.53. The zero-order chi connectivity index (χ0) is 26.8. The van der Waals surface area contributed by atoms with Gasteiger partial charge in [-0.2, -0.15) is 0 Å². The molecule has 10 heteroatoms. The third kappa shape index (κ3) is 7.28. The Morgan fingerprint density at radius 3 is 1.87 bits per heavy atom. The molecule has 1 heterocycles. The van der Waals surface area contributed by atoms with Crippen molar-refractivity contribution in [1.82, 2.24) is 15.3 Å². The summed E-state index contributed by atoms with van der Waals surface area (Å²) in [5.41, 5.74) is 1.35. The largest absolute Gasteiger partial charge is 0.447 e. The number of benzene rings is 3. The lowest BCUT2D eigenvalue weighted by molar-refractivity contribution is 0.353. The molecule has 0 aliphatic carbocycles. The van der Waals surface area contributed by atoms with Crippen LogP contribution in [-0.4, -0.2) is 24.2 Å². The molecule has 0 aliphatic rings. The van der Waals surface area contributed by atoms with E-state index in [1.807, 2.05) is 31.2 Å². The molecule has 0 bridgehead atoms. The molecular weight excluding hydrogens is 521 g/mol. The highest BCUT2D eigenvalue weighted by atomic mass is 32.2. The molecule has 8 nitrogen and oxygen atoms in total. The maximum absolute atomic E-state index is 14.3. The molecule has 198 valence electrons. The molecule has 0 amide bonds. The first-order valence-electron chi connectivity index (χ1n) is 12.3. The number of para-hydroxylation sites is 2. The van der Waals surface area contributed by atoms with Crippen LogP contribution in [0.2, 0.25) is 0 Å². The van der Waals surface area contributed by atoms with Crippen LogP contribution in [0.15, 0.2) is 109 Å². The minimum Gasteiger partial charge on any atom is -0.415 e. The zero-order valence-corrected chi connectivity index (χ0v) is 22.7. The van der Waals surface area contributed by atoms with Gasteiger partial charge in [-0.05, 0) is 47.9 Å². The molecule has 0 fully saturated rings. The van der Waals surface area contributed by atoms with Gasteiger partial charge in [0.1, 0.15) is 17.3 Å². The van der Waals surface area contributed by atoms with Gasteiger partial charge in [0.15, 0.2) is 0 Å². The average molecular weight is 552 g/mol. The van der Waals surface area contributed by atoms with Crippen LogP contribution in [0.25, 0.3) is 0 Å². The van der Waals surface area contributed by atoms with E-state index in [9.17, 15) is 13.0 Å². The summed E-state index contributed by atoms with van der Waals surface area (Å²) >= 11 is 0. The average Bonchev–Trinajstić information content (AvgIpc) is 2.93. The topological polar surface area (TPSA) is 107 Å². The highest BCUT2D eigenvalue weighted by Gasteiger charge is 2.38. The third-order valence-electron chi connectivity index (χ3n) is 5.71. The Balaban J connectivity index is 1.59. The highest BCUT2D eigenvalue weighted by molar-refractivity contribution is 7.90. The molecule has 0 spiro atoms. The molecule has 0 saturated heterocycles. The first-order valence-corrected chi connectivity index (χ1v) is 15.5. The van der Waals surface area contributed by atoms with Crippen molar-refractivity contribution in [2.75, 3.05) is 0 Å². The van der Waals surface area contributed by atoms with Crippen molar-refractivity contribution in [3.63, 3.8) is 0 Å². The molecule has 4 aromatic rings. The van der Waals surface area contributed by atoms with Crippen LogP contribution in [0, 0.1) is 0 Å². The maximum Gasteiger partial charge on any atom is 0.447 e. The van der Waals surface area contributed by atoms with Crippen molar-refractivity contribution >= 4 is 17.4 Å². The molecular formula is C28H30N3O5PS. The second-order valence-electron chi connectivity index (χ2n) is 8.59. The fraction of sp³-hybridized carbons (Fsp3) is 0.214. The second-order valence-corrected chi connectivity index (χ2v) is 12.5. The van der Waals surface area contributed by atoms with Crippen molar-refractivity contribution in [2.45, 2.75) is 43.0 Å². The lowest BCUT2D eigenvalue weighted by Gasteiger charge is -2.28. The Kier molecular flexibility index (Phi) is 9.29. The van der Waals surface area contributed by atoms with Crippen LogP contribution in [-0.2, 0) is 26.7 Å². The summed E-state index contributed by atoms with van der Waals surface area (Å²) in [6.07, 6.45) is 4.04. The summed E-state index contributed by atoms with van der Waals surface area (Å²) in [5, 5.41) is 3.13. The van der Waals surface area contributed by atoms with Gasteiger partial charge in [0, 0.05) is 18.9 Å². The van der Waals surface area contributed by atoms with E-state index >= 15 is 0 Å². The summed E-state index contributed by atoms with van der Waals surface area (Å²) in [5.74, 6) is -0.0468. The first-order chi connectivity index (χ1) is 18.4. The molecule has 3 aromatic carbocycles. The number of sulfone groups is 1. The number of hydrogen-bond acceptors (Lipinski definition) is 8. The van der Waals surface area contributed by atoms with Crippen molar-refractivity contribution in [2.24, 2.45) is 0 Å². The molecule has 1 atom stereocenters. The van der Waals surface area contributed by atoms with Gasteiger partial charge in [-0.1, -0.05) is 74.0 Å². The van der Waals surface area contributed by atoms with Crippen LogP contribution in [0.3, 0.4) is 0 Å². The summed E-state index contributed by atoms with van der Waals surface area (Å²) in [4.78, 5) is 7.80. The predicted molar refractivity (Wildman–Crippen MR) is 147 cm³/mol. The van der Waals surface area contributed by atoms with Gasteiger partial charge < -0.3 is 9.05 Å². The van der Waals surface area contributed by atoms with Crippen molar-refractivity contribution in [3.8, 4) is 11.5 Å². The fourth-order valence-corrected chi connectivity index (χ4v) is 7.14. The quantitative estimate of drug-likeness (QED) is 0.159. The summed E-state index contributed by atoms with van der Waals surface area (Å²) in [6, 6.07) is 26.6. The van der Waals surface area contributed by atoms with Gasteiger partial charge in [-0.15, -0.1) is 0 Å². The SMILES string of the molecule is CCCC(NCc1ccccc1CS(=O)(=O)c1ncccn1)P(=O)(Oc1ccccc1)Oc1ccccc1. The van der Waals surface area contributed by atoms with Crippen molar-refractivity contribution in [3.05, 3.63) is 115 Å². The van der Waals surface area contributed by atoms with Crippen LogP contribution >= 0.6 is 7.60 Å². The summed E-state index contributed by atoms with van der Waals surface area (Å²) < 4.78 is 52.3. The van der Waals surface area contributed by atoms with Gasteiger partial charge in [-0.25, -0.2) is 23.0 Å². The smallest absolute Gasteiger partial charge is 0.415 e. The van der Waals surface area contributed by atoms with Gasteiger partial charge in [0.2, 0.25) is 15.0 Å². The van der Waals surface area contributed by atoms with E-state index in [0.717, 1.165) is 12.0 Å². The minimum absolute atomic E-state index is 0.219. The summed E-state index contributed by atoms with van der Waals surface area (Å²) in [6.45, 7) is 2.25. The number of nitrogens with one attached hydrogen (secondary N) is 1. The van der Waals surface area contributed by atoms with Gasteiger partial charge >= 0.3 is 7.60 Å². The lowest BCUT2D eigenvalue weighted by Crippen LogP contribution is -2.32. The van der Waals surface area contributed by atoms with E-state index in [2.05, 4.69) is 15.3 Å². The molecule has 0 radical (unpaired) electrons. The lowest BCUT2D eigenvalue weighted by atomic mass is 10.1. The Hall–Kier alpha value is -3.52. The molecule has 1 aromatic heterocycles. The Labute approximate surface area is 223 Å². The van der Waals surface area contributed by atoms with Crippen LogP contribution in [0.1, 0.15) is 30.9 Å². The first kappa shape index (κ1) is 27.5. The second kappa shape index (κ2) is 12.8. The van der Waals surface area contributed by atoms with Crippen LogP contribution in [0.5, 0.6) is 11.5 Å². The number of hydrogen-bond donors (Lipinski definition) is 1. The Morgan fingerprint density at radius 2 is 1.32 bits per heavy atom. The van der Waals surface area contributed by atoms with Crippen LogP contribution < -0.4 is 14.4 Å². The number of nitrogens with zero attached hydrogens (tertiary/aromatic N) is 2. The van der Waals surface area contributed by atoms with E-state index in [-0.39, 0.29) is 17.5 Å². The standard InChI is InChI=1S/C28H30N3O5PS/c1-2-12-27(37(32,35-25-15-5-3-6-16-25)36-26-17-7-4-8-18-26)31-21-23-13-9-10-14-24(23)22-38(33,34)28-29-19-11-20-30-28/h3-11,13-20,27,31H,2,12,21-22H2,1H3. The number of rotatable bonds is 13. The fourth-order valence-electron chi connectivity index (χ4n) is 3.86. The molecule has 1 unspecified atom stereocenters. The normalized spacial score (nSPS) is 12.6. The predicted octanol–water partition coefficient (Wildman–Crippen LogP) is 6.02. The van der Waals surface area contributed by atoms with Gasteiger partial charge in [0.05, 0.1) is 5.75 Å². The van der Waals surface area contributed by atoms with Gasteiger partial charge in [0.25, 0.3) is 0 Å². The number of aromatic nitrogens is 2. The zero-order valence-electron chi connectivity index (χ0n) is 21.0. The van der Waals surface area contributed by atoms with Crippen molar-refractivity contribution in [1.29, 1.82) is 0 Å².